The van der Waals surface area contributed by atoms with Crippen LogP contribution in [0.5, 0.6) is 0 Å². The van der Waals surface area contributed by atoms with E-state index in [1.54, 1.807) is 0 Å². The molecule has 2 heterocycles. The minimum atomic E-state index is -1.36. The summed E-state index contributed by atoms with van der Waals surface area (Å²) in [5.41, 5.74) is -0.756. The van der Waals surface area contributed by atoms with Gasteiger partial charge in [-0.2, -0.15) is 0 Å². The molecule has 22 heavy (non-hydrogen) atoms. The molecule has 1 aliphatic heterocycles. The average Bonchev–Trinajstić information content (AvgIpc) is 2.77. The van der Waals surface area contributed by atoms with Gasteiger partial charge in [-0.3, -0.25) is 14.3 Å². The van der Waals surface area contributed by atoms with Crippen molar-refractivity contribution < 1.29 is 20.1 Å². The van der Waals surface area contributed by atoms with Gasteiger partial charge >= 0.3 is 5.69 Å². The van der Waals surface area contributed by atoms with E-state index < -0.39 is 42.4 Å². The second kappa shape index (κ2) is 7.19. The highest BCUT2D eigenvalue weighted by atomic mass is 16.6. The number of aliphatic hydroxyl groups is 3. The van der Waals surface area contributed by atoms with Crippen molar-refractivity contribution in [3.63, 3.8) is 0 Å². The molecule has 0 spiro atoms. The van der Waals surface area contributed by atoms with E-state index in [0.29, 0.717) is 12.0 Å². The number of aromatic amines is 1. The van der Waals surface area contributed by atoms with Crippen LogP contribution < -0.4 is 11.2 Å². The third-order valence-corrected chi connectivity index (χ3v) is 3.88. The number of nitrogens with zero attached hydrogens (tertiary/aromatic N) is 1. The monoisotopic (exact) mass is 314 g/mol. The standard InChI is InChI=1S/C14H22N2O6/c1-2-3-4-5-8-6-16(14(21)15-12(8)20)13-11(19)10(18)9(7-17)22-13/h6,9-11,13,17-19H,2-5,7H2,1H3,(H,15,20,21)/t9-,10?,11?,13-/m0/s1. The largest absolute Gasteiger partial charge is 0.394 e. The predicted octanol–water partition coefficient (Wildman–Crippen LogP) is -1.12. The first-order valence-electron chi connectivity index (χ1n) is 7.46. The van der Waals surface area contributed by atoms with Crippen molar-refractivity contribution in [1.29, 1.82) is 0 Å². The van der Waals surface area contributed by atoms with E-state index in [0.717, 1.165) is 23.8 Å². The molecule has 4 N–H and O–H groups in total. The Kier molecular flexibility index (Phi) is 5.52. The fraction of sp³-hybridized carbons (Fsp3) is 0.714. The molecule has 1 saturated heterocycles. The molecule has 2 unspecified atom stereocenters. The lowest BCUT2D eigenvalue weighted by molar-refractivity contribution is -0.0551. The van der Waals surface area contributed by atoms with Gasteiger partial charge in [-0.15, -0.1) is 0 Å². The van der Waals surface area contributed by atoms with Crippen molar-refractivity contribution in [1.82, 2.24) is 9.55 Å². The quantitative estimate of drug-likeness (QED) is 0.493. The van der Waals surface area contributed by atoms with Gasteiger partial charge in [-0.05, 0) is 12.8 Å². The van der Waals surface area contributed by atoms with Crippen LogP contribution in [0.15, 0.2) is 15.8 Å². The predicted molar refractivity (Wildman–Crippen MR) is 77.6 cm³/mol. The van der Waals surface area contributed by atoms with Gasteiger partial charge in [0.25, 0.3) is 5.56 Å². The second-order valence-electron chi connectivity index (χ2n) is 5.51. The molecule has 0 saturated carbocycles. The Morgan fingerprint density at radius 3 is 2.59 bits per heavy atom. The summed E-state index contributed by atoms with van der Waals surface area (Å²) >= 11 is 0. The lowest BCUT2D eigenvalue weighted by atomic mass is 10.1. The van der Waals surface area contributed by atoms with E-state index in [1.165, 1.54) is 6.20 Å². The lowest BCUT2D eigenvalue weighted by Gasteiger charge is -2.18. The van der Waals surface area contributed by atoms with E-state index >= 15 is 0 Å². The van der Waals surface area contributed by atoms with Gasteiger partial charge in [0.1, 0.15) is 18.3 Å². The number of nitrogens with one attached hydrogen (secondary N) is 1. The number of aryl methyl sites for hydroxylation is 1. The molecular formula is C14H22N2O6. The SMILES string of the molecule is CCCCCc1cn([C@H]2O[C@@H](CO)C(O)C2O)c(=O)[nH]c1=O. The average molecular weight is 314 g/mol. The van der Waals surface area contributed by atoms with Crippen LogP contribution in [-0.4, -0.2) is 49.8 Å². The van der Waals surface area contributed by atoms with Crippen molar-refractivity contribution in [2.75, 3.05) is 6.61 Å². The molecule has 1 aliphatic rings. The Bertz CT molecular complexity index is 610. The van der Waals surface area contributed by atoms with Crippen molar-refractivity contribution in [3.8, 4) is 0 Å². The summed E-state index contributed by atoms with van der Waals surface area (Å²) in [6, 6.07) is 0. The summed E-state index contributed by atoms with van der Waals surface area (Å²) in [5, 5.41) is 28.8. The Morgan fingerprint density at radius 2 is 2.00 bits per heavy atom. The molecule has 1 aromatic heterocycles. The van der Waals surface area contributed by atoms with Gasteiger partial charge in [0.2, 0.25) is 0 Å². The van der Waals surface area contributed by atoms with Gasteiger partial charge in [-0.25, -0.2) is 4.79 Å². The zero-order valence-electron chi connectivity index (χ0n) is 12.4. The zero-order chi connectivity index (χ0) is 16.3. The minimum absolute atomic E-state index is 0.422. The molecule has 0 radical (unpaired) electrons. The highest BCUT2D eigenvalue weighted by molar-refractivity contribution is 5.06. The van der Waals surface area contributed by atoms with Crippen molar-refractivity contribution >= 4 is 0 Å². The summed E-state index contributed by atoms with van der Waals surface area (Å²) in [5.74, 6) is 0. The van der Waals surface area contributed by atoms with Gasteiger partial charge < -0.3 is 20.1 Å². The number of ether oxygens (including phenoxy) is 1. The van der Waals surface area contributed by atoms with Crippen LogP contribution >= 0.6 is 0 Å². The van der Waals surface area contributed by atoms with Crippen LogP contribution in [0.2, 0.25) is 0 Å². The van der Waals surface area contributed by atoms with E-state index in [4.69, 9.17) is 9.84 Å². The van der Waals surface area contributed by atoms with Gasteiger partial charge in [-0.1, -0.05) is 19.8 Å². The normalized spacial score (nSPS) is 28.2. The van der Waals surface area contributed by atoms with E-state index in [-0.39, 0.29) is 0 Å². The Balaban J connectivity index is 2.29. The Hall–Kier alpha value is -1.48. The number of aliphatic hydroxyl groups excluding tert-OH is 3. The molecule has 0 aliphatic carbocycles. The molecule has 1 aromatic rings. The van der Waals surface area contributed by atoms with Crippen molar-refractivity contribution in [3.05, 3.63) is 32.6 Å². The summed E-state index contributed by atoms with van der Waals surface area (Å²) < 4.78 is 6.38. The van der Waals surface area contributed by atoms with Crippen LogP contribution in [0.4, 0.5) is 0 Å². The minimum Gasteiger partial charge on any atom is -0.394 e. The molecule has 2 rings (SSSR count). The first-order valence-corrected chi connectivity index (χ1v) is 7.46. The number of hydrogen-bond donors (Lipinski definition) is 4. The van der Waals surface area contributed by atoms with Crippen LogP contribution in [-0.2, 0) is 11.2 Å². The van der Waals surface area contributed by atoms with Gasteiger partial charge in [0.05, 0.1) is 6.61 Å². The summed E-state index contributed by atoms with van der Waals surface area (Å²) in [7, 11) is 0. The molecule has 8 nitrogen and oxygen atoms in total. The summed E-state index contributed by atoms with van der Waals surface area (Å²) in [6.07, 6.45) is -0.104. The van der Waals surface area contributed by atoms with E-state index in [2.05, 4.69) is 4.98 Å². The molecule has 1 fully saturated rings. The van der Waals surface area contributed by atoms with Crippen molar-refractivity contribution in [2.24, 2.45) is 0 Å². The molecular weight excluding hydrogens is 292 g/mol. The molecule has 4 atom stereocenters. The first-order chi connectivity index (χ1) is 10.5. The number of rotatable bonds is 6. The molecule has 0 aromatic carbocycles. The van der Waals surface area contributed by atoms with Crippen molar-refractivity contribution in [2.45, 2.75) is 57.1 Å². The number of H-pyrrole nitrogens is 1. The maximum Gasteiger partial charge on any atom is 0.330 e. The Morgan fingerprint density at radius 1 is 1.27 bits per heavy atom. The highest BCUT2D eigenvalue weighted by Gasteiger charge is 2.43. The van der Waals surface area contributed by atoms with Gasteiger partial charge in [0, 0.05) is 11.8 Å². The molecule has 8 heteroatoms. The molecule has 124 valence electrons. The first kappa shape index (κ1) is 16.9. The van der Waals surface area contributed by atoms with E-state index in [9.17, 15) is 19.8 Å². The van der Waals surface area contributed by atoms with Crippen LogP contribution in [0, 0.1) is 0 Å². The number of hydrogen-bond acceptors (Lipinski definition) is 6. The summed E-state index contributed by atoms with van der Waals surface area (Å²) in [4.78, 5) is 25.9. The highest BCUT2D eigenvalue weighted by Crippen LogP contribution is 2.28. The smallest absolute Gasteiger partial charge is 0.330 e. The molecule has 0 bridgehead atoms. The molecule has 0 amide bonds. The summed E-state index contributed by atoms with van der Waals surface area (Å²) in [6.45, 7) is 1.57. The zero-order valence-corrected chi connectivity index (χ0v) is 12.4. The van der Waals surface area contributed by atoms with E-state index in [1.807, 2.05) is 6.92 Å². The fourth-order valence-electron chi connectivity index (χ4n) is 2.57. The fourth-order valence-corrected chi connectivity index (χ4v) is 2.57. The number of unbranched alkanes of at least 4 members (excludes halogenated alkanes) is 2. The Labute approximate surface area is 127 Å². The number of aromatic nitrogens is 2. The van der Waals surface area contributed by atoms with Gasteiger partial charge in [0.15, 0.2) is 6.23 Å². The third-order valence-electron chi connectivity index (χ3n) is 3.88. The van der Waals surface area contributed by atoms with Crippen LogP contribution in [0.25, 0.3) is 0 Å². The van der Waals surface area contributed by atoms with Crippen LogP contribution in [0.3, 0.4) is 0 Å². The topological polar surface area (TPSA) is 125 Å². The third kappa shape index (κ3) is 3.30. The maximum absolute atomic E-state index is 11.9. The van der Waals surface area contributed by atoms with Crippen LogP contribution in [0.1, 0.15) is 38.0 Å². The lowest BCUT2D eigenvalue weighted by Crippen LogP contribution is -2.38. The second-order valence-corrected chi connectivity index (χ2v) is 5.51. The maximum atomic E-state index is 11.9.